The van der Waals surface area contributed by atoms with E-state index in [4.69, 9.17) is 4.42 Å². The Kier molecular flexibility index (Phi) is 5.91. The van der Waals surface area contributed by atoms with E-state index in [9.17, 15) is 22.0 Å². The number of hydrogen-bond donors (Lipinski definition) is 1. The van der Waals surface area contributed by atoms with Crippen LogP contribution in [0.1, 0.15) is 17.9 Å². The number of amides is 1. The van der Waals surface area contributed by atoms with Crippen molar-refractivity contribution in [1.29, 1.82) is 0 Å². The average molecular weight is 372 g/mol. The predicted octanol–water partition coefficient (Wildman–Crippen LogP) is 2.19. The third-order valence-corrected chi connectivity index (χ3v) is 4.91. The van der Waals surface area contributed by atoms with Gasteiger partial charge in [0.15, 0.2) is 11.6 Å². The van der Waals surface area contributed by atoms with E-state index in [0.29, 0.717) is 11.8 Å². The highest BCUT2D eigenvalue weighted by atomic mass is 32.2. The normalized spacial score (nSPS) is 11.5. The standard InChI is InChI=1S/C16H18F2N2O4S/c1-11-3-4-12(24-11)10-20(2)16(21)7-8-19-25(22,23)13-5-6-14(17)15(18)9-13/h3-6,9,19H,7-8,10H2,1-2H3. The molecule has 1 aromatic carbocycles. The summed E-state index contributed by atoms with van der Waals surface area (Å²) in [4.78, 5) is 13.0. The number of halogens is 2. The van der Waals surface area contributed by atoms with E-state index in [0.717, 1.165) is 17.9 Å². The van der Waals surface area contributed by atoms with Gasteiger partial charge < -0.3 is 9.32 Å². The van der Waals surface area contributed by atoms with Gasteiger partial charge in [0, 0.05) is 20.0 Å². The van der Waals surface area contributed by atoms with Gasteiger partial charge in [0.2, 0.25) is 15.9 Å². The Morgan fingerprint density at radius 2 is 1.92 bits per heavy atom. The smallest absolute Gasteiger partial charge is 0.240 e. The van der Waals surface area contributed by atoms with Crippen molar-refractivity contribution in [1.82, 2.24) is 9.62 Å². The number of furan rings is 1. The number of nitrogens with zero attached hydrogens (tertiary/aromatic N) is 1. The number of carbonyl (C=O) groups excluding carboxylic acids is 1. The van der Waals surface area contributed by atoms with Gasteiger partial charge in [-0.15, -0.1) is 0 Å². The fourth-order valence-electron chi connectivity index (χ4n) is 2.10. The number of aryl methyl sites for hydroxylation is 1. The molecule has 0 bridgehead atoms. The molecule has 2 rings (SSSR count). The Morgan fingerprint density at radius 3 is 2.52 bits per heavy atom. The highest BCUT2D eigenvalue weighted by Crippen LogP contribution is 2.14. The van der Waals surface area contributed by atoms with Gasteiger partial charge in [-0.05, 0) is 37.3 Å². The molecule has 0 aliphatic carbocycles. The van der Waals surface area contributed by atoms with E-state index in [1.54, 1.807) is 26.1 Å². The first kappa shape index (κ1) is 19.1. The lowest BCUT2D eigenvalue weighted by molar-refractivity contribution is -0.130. The van der Waals surface area contributed by atoms with Crippen molar-refractivity contribution < 1.29 is 26.4 Å². The molecular weight excluding hydrogens is 354 g/mol. The van der Waals surface area contributed by atoms with Gasteiger partial charge in [-0.1, -0.05) is 0 Å². The van der Waals surface area contributed by atoms with Gasteiger partial charge >= 0.3 is 0 Å². The molecule has 2 aromatic rings. The molecule has 0 radical (unpaired) electrons. The van der Waals surface area contributed by atoms with Gasteiger partial charge in [0.25, 0.3) is 0 Å². The molecule has 0 saturated carbocycles. The Balaban J connectivity index is 1.88. The van der Waals surface area contributed by atoms with Crippen LogP contribution in [0, 0.1) is 18.6 Å². The number of nitrogens with one attached hydrogen (secondary N) is 1. The van der Waals surface area contributed by atoms with Crippen LogP contribution in [-0.4, -0.2) is 32.8 Å². The molecule has 9 heteroatoms. The highest BCUT2D eigenvalue weighted by Gasteiger charge is 2.17. The molecule has 136 valence electrons. The molecule has 6 nitrogen and oxygen atoms in total. The SMILES string of the molecule is Cc1ccc(CN(C)C(=O)CCNS(=O)(=O)c2ccc(F)c(F)c2)o1. The number of sulfonamides is 1. The Hall–Kier alpha value is -2.26. The highest BCUT2D eigenvalue weighted by molar-refractivity contribution is 7.89. The Morgan fingerprint density at radius 1 is 1.20 bits per heavy atom. The van der Waals surface area contributed by atoms with Gasteiger partial charge in [0.05, 0.1) is 11.4 Å². The van der Waals surface area contributed by atoms with Gasteiger partial charge in [-0.2, -0.15) is 0 Å². The van der Waals surface area contributed by atoms with Crippen LogP contribution in [0.5, 0.6) is 0 Å². The Bertz CT molecular complexity index is 865. The maximum atomic E-state index is 13.1. The van der Waals surface area contributed by atoms with Crippen LogP contribution in [0.2, 0.25) is 0 Å². The monoisotopic (exact) mass is 372 g/mol. The largest absolute Gasteiger partial charge is 0.464 e. The molecule has 1 heterocycles. The average Bonchev–Trinajstić information content (AvgIpc) is 2.94. The second kappa shape index (κ2) is 7.75. The second-order valence-electron chi connectivity index (χ2n) is 5.49. The fourth-order valence-corrected chi connectivity index (χ4v) is 3.15. The topological polar surface area (TPSA) is 79.6 Å². The summed E-state index contributed by atoms with van der Waals surface area (Å²) in [5.41, 5.74) is 0. The van der Waals surface area contributed by atoms with E-state index in [-0.39, 0.29) is 25.4 Å². The number of rotatable bonds is 7. The minimum Gasteiger partial charge on any atom is -0.464 e. The van der Waals surface area contributed by atoms with E-state index in [1.807, 2.05) is 0 Å². The first-order valence-electron chi connectivity index (χ1n) is 7.43. The first-order valence-corrected chi connectivity index (χ1v) is 8.91. The summed E-state index contributed by atoms with van der Waals surface area (Å²) in [7, 11) is -2.45. The number of benzene rings is 1. The van der Waals surface area contributed by atoms with Crippen molar-refractivity contribution in [3.05, 3.63) is 53.5 Å². The van der Waals surface area contributed by atoms with Crippen molar-refractivity contribution in [3.8, 4) is 0 Å². The van der Waals surface area contributed by atoms with Crippen LogP contribution in [0.3, 0.4) is 0 Å². The lowest BCUT2D eigenvalue weighted by atomic mass is 10.3. The van der Waals surface area contributed by atoms with Crippen LogP contribution < -0.4 is 4.72 Å². The minimum absolute atomic E-state index is 0.0842. The molecule has 0 aliphatic heterocycles. The minimum atomic E-state index is -4.02. The van der Waals surface area contributed by atoms with Crippen molar-refractivity contribution >= 4 is 15.9 Å². The first-order chi connectivity index (χ1) is 11.7. The van der Waals surface area contributed by atoms with Crippen LogP contribution >= 0.6 is 0 Å². The molecule has 0 fully saturated rings. The summed E-state index contributed by atoms with van der Waals surface area (Å²) in [5, 5.41) is 0. The van der Waals surface area contributed by atoms with Crippen molar-refractivity contribution in [2.45, 2.75) is 24.8 Å². The van der Waals surface area contributed by atoms with E-state index < -0.39 is 26.6 Å². The van der Waals surface area contributed by atoms with Crippen molar-refractivity contribution in [2.75, 3.05) is 13.6 Å². The zero-order valence-electron chi connectivity index (χ0n) is 13.8. The molecule has 1 N–H and O–H groups in total. The zero-order valence-corrected chi connectivity index (χ0v) is 14.6. The lowest BCUT2D eigenvalue weighted by Gasteiger charge is -2.16. The lowest BCUT2D eigenvalue weighted by Crippen LogP contribution is -2.31. The van der Waals surface area contributed by atoms with Gasteiger partial charge in [-0.3, -0.25) is 4.79 Å². The Labute approximate surface area is 144 Å². The predicted molar refractivity (Wildman–Crippen MR) is 86.1 cm³/mol. The van der Waals surface area contributed by atoms with E-state index in [1.165, 1.54) is 4.90 Å². The van der Waals surface area contributed by atoms with Crippen LogP contribution in [0.4, 0.5) is 8.78 Å². The summed E-state index contributed by atoms with van der Waals surface area (Å²) < 4.78 is 57.6. The molecule has 1 amide bonds. The number of carbonyl (C=O) groups is 1. The van der Waals surface area contributed by atoms with Crippen molar-refractivity contribution in [2.24, 2.45) is 0 Å². The second-order valence-corrected chi connectivity index (χ2v) is 7.25. The summed E-state index contributed by atoms with van der Waals surface area (Å²) in [6.45, 7) is 1.89. The third-order valence-electron chi connectivity index (χ3n) is 3.45. The van der Waals surface area contributed by atoms with Gasteiger partial charge in [0.1, 0.15) is 11.5 Å². The third kappa shape index (κ3) is 5.10. The van der Waals surface area contributed by atoms with Crippen molar-refractivity contribution in [3.63, 3.8) is 0 Å². The molecule has 25 heavy (non-hydrogen) atoms. The molecule has 0 atom stereocenters. The fraction of sp³-hybridized carbons (Fsp3) is 0.312. The van der Waals surface area contributed by atoms with Crippen LogP contribution in [0.25, 0.3) is 0 Å². The van der Waals surface area contributed by atoms with E-state index in [2.05, 4.69) is 4.72 Å². The molecule has 0 unspecified atom stereocenters. The molecule has 0 aliphatic rings. The summed E-state index contributed by atoms with van der Waals surface area (Å²) in [6.07, 6.45) is -0.0842. The quantitative estimate of drug-likeness (QED) is 0.808. The molecule has 0 saturated heterocycles. The maximum Gasteiger partial charge on any atom is 0.240 e. The zero-order chi connectivity index (χ0) is 18.6. The molecule has 1 aromatic heterocycles. The summed E-state index contributed by atoms with van der Waals surface area (Å²) in [6, 6.07) is 5.81. The summed E-state index contributed by atoms with van der Waals surface area (Å²) in [5.74, 6) is -1.33. The summed E-state index contributed by atoms with van der Waals surface area (Å²) >= 11 is 0. The maximum absolute atomic E-state index is 13.1. The molecular formula is C16H18F2N2O4S. The van der Waals surface area contributed by atoms with Crippen LogP contribution in [-0.2, 0) is 21.4 Å². The van der Waals surface area contributed by atoms with E-state index >= 15 is 0 Å². The number of hydrogen-bond acceptors (Lipinski definition) is 4. The van der Waals surface area contributed by atoms with Gasteiger partial charge in [-0.25, -0.2) is 21.9 Å². The molecule has 0 spiro atoms. The van der Waals surface area contributed by atoms with Crippen LogP contribution in [0.15, 0.2) is 39.6 Å².